The van der Waals surface area contributed by atoms with Gasteiger partial charge in [-0.3, -0.25) is 0 Å². The van der Waals surface area contributed by atoms with Gasteiger partial charge in [0.1, 0.15) is 17.0 Å². The average molecular weight is 512 g/mol. The SMILES string of the molecule is COc1cc(CO)c(-c2cn3ccc(CC4C[C@H]5CC[C@@H](C4)N5C(=O)OC(C)(C)C)cc3n2)cc1Cl. The minimum Gasteiger partial charge on any atom is -0.495 e. The summed E-state index contributed by atoms with van der Waals surface area (Å²) >= 11 is 6.36. The number of methoxy groups -OCH3 is 1. The highest BCUT2D eigenvalue weighted by atomic mass is 35.5. The number of fused-ring (bicyclic) bond motifs is 3. The van der Waals surface area contributed by atoms with Crippen LogP contribution in [0.15, 0.2) is 36.7 Å². The average Bonchev–Trinajstić information content (AvgIpc) is 3.36. The summed E-state index contributed by atoms with van der Waals surface area (Å²) in [6.07, 6.45) is 8.91. The fraction of sp³-hybridized carbons (Fsp3) is 0.500. The van der Waals surface area contributed by atoms with Crippen molar-refractivity contribution < 1.29 is 19.4 Å². The summed E-state index contributed by atoms with van der Waals surface area (Å²) in [7, 11) is 1.56. The van der Waals surface area contributed by atoms with Crippen LogP contribution in [0.4, 0.5) is 4.79 Å². The van der Waals surface area contributed by atoms with Crippen molar-refractivity contribution in [2.24, 2.45) is 5.92 Å². The van der Waals surface area contributed by atoms with Gasteiger partial charge in [0.25, 0.3) is 0 Å². The predicted octanol–water partition coefficient (Wildman–Crippen LogP) is 5.88. The number of aliphatic hydroxyl groups is 1. The molecular formula is C28H34ClN3O4. The van der Waals surface area contributed by atoms with E-state index in [9.17, 15) is 9.90 Å². The Hall–Kier alpha value is -2.77. The van der Waals surface area contributed by atoms with E-state index in [1.807, 2.05) is 42.5 Å². The van der Waals surface area contributed by atoms with Gasteiger partial charge in [-0.25, -0.2) is 9.78 Å². The molecule has 0 saturated carbocycles. The number of pyridine rings is 1. The molecule has 2 aromatic heterocycles. The lowest BCUT2D eigenvalue weighted by atomic mass is 9.86. The number of benzene rings is 1. The number of amides is 1. The third-order valence-electron chi connectivity index (χ3n) is 7.31. The van der Waals surface area contributed by atoms with Gasteiger partial charge in [-0.2, -0.15) is 0 Å². The second kappa shape index (κ2) is 9.60. The Kier molecular flexibility index (Phi) is 6.64. The monoisotopic (exact) mass is 511 g/mol. The summed E-state index contributed by atoms with van der Waals surface area (Å²) in [6.45, 7) is 5.63. The van der Waals surface area contributed by atoms with Crippen LogP contribution in [-0.4, -0.2) is 50.3 Å². The lowest BCUT2D eigenvalue weighted by Crippen LogP contribution is -2.48. The third-order valence-corrected chi connectivity index (χ3v) is 7.60. The molecule has 2 bridgehead atoms. The van der Waals surface area contributed by atoms with Gasteiger partial charge in [0.2, 0.25) is 0 Å². The van der Waals surface area contributed by atoms with Crippen LogP contribution >= 0.6 is 11.6 Å². The molecule has 0 aliphatic carbocycles. The number of halogens is 1. The highest BCUT2D eigenvalue weighted by molar-refractivity contribution is 6.32. The number of ether oxygens (including phenoxy) is 2. The van der Waals surface area contributed by atoms with E-state index in [1.54, 1.807) is 19.2 Å². The number of aromatic nitrogens is 2. The second-order valence-electron chi connectivity index (χ2n) is 11.0. The molecule has 1 N–H and O–H groups in total. The fourth-order valence-corrected chi connectivity index (χ4v) is 6.05. The first-order chi connectivity index (χ1) is 17.1. The Morgan fingerprint density at radius 1 is 1.19 bits per heavy atom. The number of rotatable bonds is 5. The van der Waals surface area contributed by atoms with Gasteiger partial charge in [0, 0.05) is 30.0 Å². The fourth-order valence-electron chi connectivity index (χ4n) is 5.80. The van der Waals surface area contributed by atoms with Crippen LogP contribution in [-0.2, 0) is 17.8 Å². The number of nitrogens with zero attached hydrogens (tertiary/aromatic N) is 3. The quantitative estimate of drug-likeness (QED) is 0.463. The van der Waals surface area contributed by atoms with Crippen LogP contribution < -0.4 is 4.74 Å². The maximum atomic E-state index is 12.8. The van der Waals surface area contributed by atoms with E-state index in [0.717, 1.165) is 49.0 Å². The molecule has 3 atom stereocenters. The molecule has 192 valence electrons. The van der Waals surface area contributed by atoms with Crippen LogP contribution in [0.3, 0.4) is 0 Å². The van der Waals surface area contributed by atoms with Crippen molar-refractivity contribution in [1.29, 1.82) is 0 Å². The number of hydrogen-bond acceptors (Lipinski definition) is 5. The van der Waals surface area contributed by atoms with E-state index in [-0.39, 0.29) is 24.8 Å². The van der Waals surface area contributed by atoms with Crippen LogP contribution in [0, 0.1) is 5.92 Å². The molecule has 5 rings (SSSR count). The minimum absolute atomic E-state index is 0.133. The maximum absolute atomic E-state index is 12.8. The molecule has 36 heavy (non-hydrogen) atoms. The molecule has 2 fully saturated rings. The summed E-state index contributed by atoms with van der Waals surface area (Å²) in [6, 6.07) is 8.36. The molecule has 2 aliphatic heterocycles. The Morgan fingerprint density at radius 2 is 1.92 bits per heavy atom. The van der Waals surface area contributed by atoms with Gasteiger partial charge in [-0.1, -0.05) is 11.6 Å². The zero-order valence-electron chi connectivity index (χ0n) is 21.3. The second-order valence-corrected chi connectivity index (χ2v) is 11.4. The number of hydrogen-bond donors (Lipinski definition) is 1. The number of carbonyl (C=O) groups excluding carboxylic acids is 1. The Morgan fingerprint density at radius 3 is 2.56 bits per heavy atom. The lowest BCUT2D eigenvalue weighted by Gasteiger charge is -2.39. The lowest BCUT2D eigenvalue weighted by molar-refractivity contribution is 0.00216. The molecule has 7 nitrogen and oxygen atoms in total. The van der Waals surface area contributed by atoms with Crippen LogP contribution in [0.2, 0.25) is 5.02 Å². The van der Waals surface area contributed by atoms with E-state index in [4.69, 9.17) is 26.1 Å². The molecule has 2 saturated heterocycles. The first kappa shape index (κ1) is 24.9. The Balaban J connectivity index is 1.32. The maximum Gasteiger partial charge on any atom is 0.410 e. The van der Waals surface area contributed by atoms with Gasteiger partial charge < -0.3 is 23.9 Å². The summed E-state index contributed by atoms with van der Waals surface area (Å²) in [5, 5.41) is 10.4. The van der Waals surface area contributed by atoms with Crippen molar-refractivity contribution in [2.45, 2.75) is 77.2 Å². The van der Waals surface area contributed by atoms with E-state index < -0.39 is 5.60 Å². The van der Waals surface area contributed by atoms with Crippen molar-refractivity contribution >= 4 is 23.3 Å². The van der Waals surface area contributed by atoms with Crippen LogP contribution in [0.25, 0.3) is 16.9 Å². The molecule has 1 amide bonds. The zero-order valence-corrected chi connectivity index (χ0v) is 22.1. The number of piperidine rings is 1. The topological polar surface area (TPSA) is 76.3 Å². The highest BCUT2D eigenvalue weighted by Gasteiger charge is 2.44. The van der Waals surface area contributed by atoms with E-state index in [0.29, 0.717) is 22.3 Å². The van der Waals surface area contributed by atoms with Gasteiger partial charge >= 0.3 is 6.09 Å². The van der Waals surface area contributed by atoms with Gasteiger partial charge in [0.05, 0.1) is 24.4 Å². The minimum atomic E-state index is -0.471. The number of aliphatic hydroxyl groups excluding tert-OH is 1. The number of imidazole rings is 1. The molecule has 1 aromatic carbocycles. The Labute approximate surface area is 217 Å². The van der Waals surface area contributed by atoms with E-state index in [2.05, 4.69) is 12.1 Å². The van der Waals surface area contributed by atoms with Gasteiger partial charge in [-0.15, -0.1) is 0 Å². The summed E-state index contributed by atoms with van der Waals surface area (Å²) in [5.41, 5.74) is 3.88. The predicted molar refractivity (Wildman–Crippen MR) is 139 cm³/mol. The van der Waals surface area contributed by atoms with Crippen molar-refractivity contribution in [3.63, 3.8) is 0 Å². The highest BCUT2D eigenvalue weighted by Crippen LogP contribution is 2.41. The zero-order chi connectivity index (χ0) is 25.6. The van der Waals surface area contributed by atoms with Crippen molar-refractivity contribution in [3.8, 4) is 17.0 Å². The van der Waals surface area contributed by atoms with Crippen molar-refractivity contribution in [3.05, 3.63) is 52.8 Å². The standard InChI is InChI=1S/C28H34ClN3O4/c1-28(2,3)36-27(34)32-20-5-6-21(32)11-18(10-20)9-17-7-8-31-15-24(30-26(31)12-17)22-14-23(29)25(35-4)13-19(22)16-33/h7-8,12-15,18,20-21,33H,5-6,9-11,16H2,1-4H3/t18?,20-,21+. The molecule has 0 radical (unpaired) electrons. The molecule has 0 spiro atoms. The summed E-state index contributed by atoms with van der Waals surface area (Å²) in [5.74, 6) is 1.06. The smallest absolute Gasteiger partial charge is 0.410 e. The molecule has 4 heterocycles. The van der Waals surface area contributed by atoms with Crippen LogP contribution in [0.5, 0.6) is 5.75 Å². The van der Waals surface area contributed by atoms with Crippen molar-refractivity contribution in [2.75, 3.05) is 7.11 Å². The molecular weight excluding hydrogens is 478 g/mol. The van der Waals surface area contributed by atoms with Gasteiger partial charge in [-0.05, 0) is 94.2 Å². The Bertz CT molecular complexity index is 1270. The van der Waals surface area contributed by atoms with E-state index >= 15 is 0 Å². The molecule has 3 aromatic rings. The largest absolute Gasteiger partial charge is 0.495 e. The van der Waals surface area contributed by atoms with E-state index in [1.165, 1.54) is 5.56 Å². The van der Waals surface area contributed by atoms with Crippen LogP contribution in [0.1, 0.15) is 57.6 Å². The van der Waals surface area contributed by atoms with Gasteiger partial charge in [0.15, 0.2) is 0 Å². The molecule has 2 aliphatic rings. The molecule has 1 unspecified atom stereocenters. The first-order valence-corrected chi connectivity index (χ1v) is 13.0. The summed E-state index contributed by atoms with van der Waals surface area (Å²) in [4.78, 5) is 19.6. The molecule has 8 heteroatoms. The van der Waals surface area contributed by atoms with Crippen molar-refractivity contribution in [1.82, 2.24) is 14.3 Å². The normalized spacial score (nSPS) is 21.7. The summed E-state index contributed by atoms with van der Waals surface area (Å²) < 4.78 is 13.0. The number of carbonyl (C=O) groups is 1. The first-order valence-electron chi connectivity index (χ1n) is 12.6. The third kappa shape index (κ3) is 4.91.